The maximum Gasteiger partial charge on any atom is 0.0670 e. The van der Waals surface area contributed by atoms with Crippen LogP contribution < -0.4 is 5.32 Å². The van der Waals surface area contributed by atoms with Crippen LogP contribution in [0.15, 0.2) is 30.6 Å². The molecule has 3 aromatic rings. The number of nitrogens with one attached hydrogen (secondary N) is 2. The smallest absolute Gasteiger partial charge is 0.0670 e. The van der Waals surface area contributed by atoms with E-state index in [-0.39, 0.29) is 6.04 Å². The number of anilines is 1. The zero-order valence-corrected chi connectivity index (χ0v) is 11.3. The number of nitrogens with zero attached hydrogens (tertiary/aromatic N) is 3. The summed E-state index contributed by atoms with van der Waals surface area (Å²) in [7, 11) is 1.94. The van der Waals surface area contributed by atoms with Crippen molar-refractivity contribution in [2.24, 2.45) is 7.05 Å². The Bertz CT molecular complexity index is 710. The molecule has 0 spiro atoms. The van der Waals surface area contributed by atoms with Crippen LogP contribution in [0.25, 0.3) is 10.9 Å². The number of benzene rings is 1. The Balaban J connectivity index is 1.85. The van der Waals surface area contributed by atoms with Gasteiger partial charge in [0.25, 0.3) is 0 Å². The molecule has 0 saturated carbocycles. The molecule has 1 atom stereocenters. The number of hydrogen-bond acceptors (Lipinski definition) is 3. The van der Waals surface area contributed by atoms with Crippen molar-refractivity contribution < 1.29 is 0 Å². The molecular weight excluding hydrogens is 238 g/mol. The third-order valence-corrected chi connectivity index (χ3v) is 3.34. The van der Waals surface area contributed by atoms with Gasteiger partial charge in [-0.15, -0.1) is 0 Å². The minimum Gasteiger partial charge on any atom is -0.378 e. The summed E-state index contributed by atoms with van der Waals surface area (Å²) in [5, 5.41) is 16.0. The summed E-state index contributed by atoms with van der Waals surface area (Å²) < 4.78 is 1.85. The maximum absolute atomic E-state index is 4.38. The zero-order valence-electron chi connectivity index (χ0n) is 11.3. The molecule has 0 aliphatic heterocycles. The molecule has 0 aliphatic rings. The van der Waals surface area contributed by atoms with Crippen LogP contribution in [-0.4, -0.2) is 20.0 Å². The lowest BCUT2D eigenvalue weighted by Crippen LogP contribution is -2.06. The summed E-state index contributed by atoms with van der Waals surface area (Å²) in [6, 6.07) is 6.42. The van der Waals surface area contributed by atoms with Gasteiger partial charge in [-0.05, 0) is 32.0 Å². The molecule has 0 fully saturated rings. The van der Waals surface area contributed by atoms with E-state index in [1.54, 1.807) is 0 Å². The van der Waals surface area contributed by atoms with Crippen LogP contribution in [0.5, 0.6) is 0 Å². The Hall–Kier alpha value is -2.30. The van der Waals surface area contributed by atoms with E-state index in [2.05, 4.69) is 51.9 Å². The third kappa shape index (κ3) is 2.19. The Morgan fingerprint density at radius 2 is 2.21 bits per heavy atom. The molecule has 5 nitrogen and oxygen atoms in total. The van der Waals surface area contributed by atoms with Crippen molar-refractivity contribution in [2.75, 3.05) is 5.32 Å². The van der Waals surface area contributed by atoms with Gasteiger partial charge >= 0.3 is 0 Å². The predicted octanol–water partition coefficient (Wildman–Crippen LogP) is 2.78. The van der Waals surface area contributed by atoms with Crippen molar-refractivity contribution in [3.63, 3.8) is 0 Å². The molecule has 5 heteroatoms. The van der Waals surface area contributed by atoms with Gasteiger partial charge in [-0.3, -0.25) is 9.78 Å². The molecule has 0 radical (unpaired) electrons. The topological polar surface area (TPSA) is 58.5 Å². The summed E-state index contributed by atoms with van der Waals surface area (Å²) in [6.07, 6.45) is 3.88. The van der Waals surface area contributed by atoms with Crippen LogP contribution in [0, 0.1) is 6.92 Å². The molecule has 19 heavy (non-hydrogen) atoms. The van der Waals surface area contributed by atoms with Gasteiger partial charge in [0.05, 0.1) is 23.4 Å². The minimum atomic E-state index is 0.217. The van der Waals surface area contributed by atoms with Crippen LogP contribution in [0.2, 0.25) is 0 Å². The number of aromatic nitrogens is 4. The van der Waals surface area contributed by atoms with E-state index in [9.17, 15) is 0 Å². The van der Waals surface area contributed by atoms with E-state index < -0.39 is 0 Å². The van der Waals surface area contributed by atoms with Crippen LogP contribution in [0.4, 0.5) is 5.69 Å². The van der Waals surface area contributed by atoms with Crippen molar-refractivity contribution in [2.45, 2.75) is 19.9 Å². The van der Waals surface area contributed by atoms with E-state index in [0.717, 1.165) is 22.3 Å². The molecule has 1 aromatic carbocycles. The van der Waals surface area contributed by atoms with E-state index in [4.69, 9.17) is 0 Å². The molecule has 0 amide bonds. The lowest BCUT2D eigenvalue weighted by Gasteiger charge is -2.14. The van der Waals surface area contributed by atoms with Crippen molar-refractivity contribution >= 4 is 16.6 Å². The second-order valence-electron chi connectivity index (χ2n) is 4.88. The van der Waals surface area contributed by atoms with Crippen molar-refractivity contribution in [1.82, 2.24) is 20.0 Å². The summed E-state index contributed by atoms with van der Waals surface area (Å²) in [5.41, 5.74) is 4.39. The van der Waals surface area contributed by atoms with Crippen LogP contribution in [-0.2, 0) is 7.05 Å². The second-order valence-corrected chi connectivity index (χ2v) is 4.88. The fraction of sp³-hybridized carbons (Fsp3) is 0.286. The number of H-pyrrole nitrogens is 1. The van der Waals surface area contributed by atoms with E-state index in [1.165, 1.54) is 5.56 Å². The highest BCUT2D eigenvalue weighted by Gasteiger charge is 2.11. The number of aromatic amines is 1. The van der Waals surface area contributed by atoms with Crippen LogP contribution >= 0.6 is 0 Å². The fourth-order valence-electron chi connectivity index (χ4n) is 2.40. The summed E-state index contributed by atoms with van der Waals surface area (Å²) in [5.74, 6) is 0. The van der Waals surface area contributed by atoms with Gasteiger partial charge in [-0.1, -0.05) is 0 Å². The minimum absolute atomic E-state index is 0.217. The van der Waals surface area contributed by atoms with Gasteiger partial charge in [0.2, 0.25) is 0 Å². The molecule has 0 aliphatic carbocycles. The average molecular weight is 255 g/mol. The van der Waals surface area contributed by atoms with Gasteiger partial charge in [0, 0.05) is 29.9 Å². The first-order chi connectivity index (χ1) is 9.13. The Kier molecular flexibility index (Phi) is 2.74. The van der Waals surface area contributed by atoms with E-state index in [0.29, 0.717) is 0 Å². The molecular formula is C14H17N5. The molecule has 2 aromatic heterocycles. The Morgan fingerprint density at radius 3 is 2.95 bits per heavy atom. The van der Waals surface area contributed by atoms with E-state index >= 15 is 0 Å². The highest BCUT2D eigenvalue weighted by Crippen LogP contribution is 2.23. The van der Waals surface area contributed by atoms with Gasteiger partial charge < -0.3 is 5.32 Å². The first kappa shape index (κ1) is 11.8. The van der Waals surface area contributed by atoms with Crippen molar-refractivity contribution in [1.29, 1.82) is 0 Å². The normalized spacial score (nSPS) is 12.8. The molecule has 98 valence electrons. The highest BCUT2D eigenvalue weighted by atomic mass is 15.3. The van der Waals surface area contributed by atoms with Gasteiger partial charge in [-0.25, -0.2) is 0 Å². The number of aryl methyl sites for hydroxylation is 2. The van der Waals surface area contributed by atoms with Crippen molar-refractivity contribution in [3.05, 3.63) is 41.9 Å². The first-order valence-corrected chi connectivity index (χ1v) is 6.33. The fourth-order valence-corrected chi connectivity index (χ4v) is 2.40. The van der Waals surface area contributed by atoms with E-state index in [1.807, 2.05) is 24.9 Å². The molecule has 2 heterocycles. The monoisotopic (exact) mass is 255 g/mol. The maximum atomic E-state index is 4.38. The number of hydrogen-bond donors (Lipinski definition) is 2. The van der Waals surface area contributed by atoms with Crippen LogP contribution in [0.1, 0.15) is 24.2 Å². The summed E-state index contributed by atoms with van der Waals surface area (Å²) in [6.45, 7) is 4.17. The third-order valence-electron chi connectivity index (χ3n) is 3.34. The summed E-state index contributed by atoms with van der Waals surface area (Å²) >= 11 is 0. The molecule has 1 unspecified atom stereocenters. The van der Waals surface area contributed by atoms with Gasteiger partial charge in [0.1, 0.15) is 0 Å². The average Bonchev–Trinajstić information content (AvgIpc) is 2.94. The first-order valence-electron chi connectivity index (χ1n) is 6.33. The zero-order chi connectivity index (χ0) is 13.4. The standard InChI is InChI=1S/C14H17N5/c1-9(13-8-19(3)18-10(13)2)16-12-5-4-11-7-15-17-14(11)6-12/h4-9,16H,1-3H3,(H,15,17). The quantitative estimate of drug-likeness (QED) is 0.756. The highest BCUT2D eigenvalue weighted by molar-refractivity contribution is 5.81. The van der Waals surface area contributed by atoms with Crippen molar-refractivity contribution in [3.8, 4) is 0 Å². The Morgan fingerprint density at radius 1 is 1.37 bits per heavy atom. The second kappa shape index (κ2) is 4.42. The molecule has 0 bridgehead atoms. The van der Waals surface area contributed by atoms with Gasteiger partial charge in [0.15, 0.2) is 0 Å². The SMILES string of the molecule is Cc1nn(C)cc1C(C)Nc1ccc2cn[nH]c2c1. The lowest BCUT2D eigenvalue weighted by molar-refractivity contribution is 0.756. The lowest BCUT2D eigenvalue weighted by atomic mass is 10.1. The number of fused-ring (bicyclic) bond motifs is 1. The number of rotatable bonds is 3. The largest absolute Gasteiger partial charge is 0.378 e. The van der Waals surface area contributed by atoms with Crippen LogP contribution in [0.3, 0.4) is 0 Å². The Labute approximate surface area is 111 Å². The predicted molar refractivity (Wildman–Crippen MR) is 76.1 cm³/mol. The molecule has 0 saturated heterocycles. The van der Waals surface area contributed by atoms with Gasteiger partial charge in [-0.2, -0.15) is 10.2 Å². The summed E-state index contributed by atoms with van der Waals surface area (Å²) in [4.78, 5) is 0. The molecule has 2 N–H and O–H groups in total. The molecule has 3 rings (SSSR count).